The van der Waals surface area contributed by atoms with Crippen molar-refractivity contribution in [3.63, 3.8) is 0 Å². The summed E-state index contributed by atoms with van der Waals surface area (Å²) < 4.78 is 33.7. The molecule has 2 N–H and O–H groups in total. The number of anilines is 1. The van der Waals surface area contributed by atoms with Crippen molar-refractivity contribution in [3.8, 4) is 0 Å². The first-order valence-electron chi connectivity index (χ1n) is 7.47. The van der Waals surface area contributed by atoms with E-state index in [1.807, 2.05) is 6.92 Å². The molecule has 2 aliphatic heterocycles. The molecular weight excluding hydrogens is 290 g/mol. The van der Waals surface area contributed by atoms with Gasteiger partial charge in [-0.2, -0.15) is 0 Å². The van der Waals surface area contributed by atoms with E-state index in [1.165, 1.54) is 0 Å². The van der Waals surface area contributed by atoms with Crippen LogP contribution in [0, 0.1) is 0 Å². The molecule has 2 fully saturated rings. The first-order chi connectivity index (χ1) is 10.1. The van der Waals surface area contributed by atoms with Gasteiger partial charge in [0.1, 0.15) is 10.7 Å². The minimum absolute atomic E-state index is 0.0218. The summed E-state index contributed by atoms with van der Waals surface area (Å²) in [6.07, 6.45) is 5.48. The molecule has 3 rings (SSSR count). The van der Waals surface area contributed by atoms with Crippen LogP contribution in [0.5, 0.6) is 0 Å². The van der Waals surface area contributed by atoms with Crippen LogP contribution < -0.4 is 10.0 Å². The summed E-state index contributed by atoms with van der Waals surface area (Å²) in [5, 5.41) is 3.07. The zero-order valence-corrected chi connectivity index (χ0v) is 12.9. The van der Waals surface area contributed by atoms with Crippen LogP contribution in [0.3, 0.4) is 0 Å². The topological polar surface area (TPSA) is 80.3 Å². The van der Waals surface area contributed by atoms with Gasteiger partial charge in [-0.05, 0) is 37.8 Å². The summed E-state index contributed by atoms with van der Waals surface area (Å²) in [7, 11) is -3.58. The van der Waals surface area contributed by atoms with Crippen molar-refractivity contribution in [2.45, 2.75) is 55.8 Å². The fourth-order valence-corrected chi connectivity index (χ4v) is 4.42. The second-order valence-electron chi connectivity index (χ2n) is 5.61. The lowest BCUT2D eigenvalue weighted by Crippen LogP contribution is -2.41. The Bertz CT molecular complexity index is 605. The van der Waals surface area contributed by atoms with E-state index in [2.05, 4.69) is 15.0 Å². The second kappa shape index (κ2) is 5.90. The highest BCUT2D eigenvalue weighted by atomic mass is 32.2. The van der Waals surface area contributed by atoms with Crippen molar-refractivity contribution >= 4 is 15.8 Å². The van der Waals surface area contributed by atoms with Crippen LogP contribution in [0.4, 0.5) is 5.82 Å². The van der Waals surface area contributed by atoms with Crippen LogP contribution >= 0.6 is 0 Å². The van der Waals surface area contributed by atoms with Crippen LogP contribution in [-0.4, -0.2) is 38.2 Å². The summed E-state index contributed by atoms with van der Waals surface area (Å²) in [5.74, 6) is 0.413. The molecule has 0 amide bonds. The first kappa shape index (κ1) is 14.7. The van der Waals surface area contributed by atoms with Gasteiger partial charge >= 0.3 is 0 Å². The third kappa shape index (κ3) is 3.04. The Morgan fingerprint density at radius 2 is 2.29 bits per heavy atom. The Morgan fingerprint density at radius 3 is 2.95 bits per heavy atom. The van der Waals surface area contributed by atoms with Crippen molar-refractivity contribution in [1.29, 1.82) is 0 Å². The highest BCUT2D eigenvalue weighted by Crippen LogP contribution is 2.35. The van der Waals surface area contributed by atoms with E-state index in [0.717, 1.165) is 25.7 Å². The van der Waals surface area contributed by atoms with Gasteiger partial charge in [-0.1, -0.05) is 6.92 Å². The maximum absolute atomic E-state index is 12.6. The number of rotatable bonds is 6. The molecule has 1 aromatic heterocycles. The lowest BCUT2D eigenvalue weighted by Gasteiger charge is -2.20. The maximum atomic E-state index is 12.6. The third-order valence-electron chi connectivity index (χ3n) is 4.02. The molecule has 0 saturated carbocycles. The molecule has 2 bridgehead atoms. The van der Waals surface area contributed by atoms with Gasteiger partial charge in [0, 0.05) is 12.7 Å². The molecule has 0 aromatic carbocycles. The minimum Gasteiger partial charge on any atom is -0.373 e. The molecule has 2 saturated heterocycles. The highest BCUT2D eigenvalue weighted by molar-refractivity contribution is 7.89. The summed E-state index contributed by atoms with van der Waals surface area (Å²) in [5.41, 5.74) is 0. The quantitative estimate of drug-likeness (QED) is 0.832. The predicted molar refractivity (Wildman–Crippen MR) is 79.6 cm³/mol. The molecule has 3 unspecified atom stereocenters. The summed E-state index contributed by atoms with van der Waals surface area (Å²) in [4.78, 5) is 4.35. The average Bonchev–Trinajstić information content (AvgIpc) is 3.07. The second-order valence-corrected chi connectivity index (χ2v) is 7.30. The highest BCUT2D eigenvalue weighted by Gasteiger charge is 2.42. The molecule has 6 nitrogen and oxygen atoms in total. The Kier molecular flexibility index (Phi) is 4.14. The number of fused-ring (bicyclic) bond motifs is 2. The van der Waals surface area contributed by atoms with Crippen molar-refractivity contribution < 1.29 is 13.2 Å². The van der Waals surface area contributed by atoms with Gasteiger partial charge in [0.05, 0.1) is 18.2 Å². The molecule has 0 radical (unpaired) electrons. The van der Waals surface area contributed by atoms with E-state index in [4.69, 9.17) is 4.74 Å². The number of nitrogens with one attached hydrogen (secondary N) is 2. The van der Waals surface area contributed by atoms with E-state index < -0.39 is 10.0 Å². The number of aromatic nitrogens is 1. The zero-order valence-electron chi connectivity index (χ0n) is 12.1. The van der Waals surface area contributed by atoms with E-state index >= 15 is 0 Å². The fourth-order valence-electron chi connectivity index (χ4n) is 3.01. The van der Waals surface area contributed by atoms with Gasteiger partial charge < -0.3 is 10.1 Å². The van der Waals surface area contributed by atoms with Crippen LogP contribution in [0.2, 0.25) is 0 Å². The minimum atomic E-state index is -3.58. The van der Waals surface area contributed by atoms with Gasteiger partial charge in [-0.3, -0.25) is 0 Å². The molecule has 0 spiro atoms. The summed E-state index contributed by atoms with van der Waals surface area (Å²) in [6, 6.07) is 3.11. The average molecular weight is 311 g/mol. The number of hydrogen-bond donors (Lipinski definition) is 2. The first-order valence-corrected chi connectivity index (χ1v) is 8.95. The standard InChI is InChI=1S/C14H21N3O3S/c1-2-7-15-14-13(4-3-8-16-14)21(18,19)17-11-9-10-5-6-12(11)20-10/h3-4,8,10-12,17H,2,5-7,9H2,1H3,(H,15,16). The Balaban J connectivity index is 1.78. The molecule has 116 valence electrons. The van der Waals surface area contributed by atoms with Gasteiger partial charge in [0.25, 0.3) is 0 Å². The molecule has 1 aromatic rings. The smallest absolute Gasteiger partial charge is 0.244 e. The predicted octanol–water partition coefficient (Wildman–Crippen LogP) is 1.50. The summed E-state index contributed by atoms with van der Waals surface area (Å²) in [6.45, 7) is 2.71. The largest absolute Gasteiger partial charge is 0.373 e. The third-order valence-corrected chi connectivity index (χ3v) is 5.54. The van der Waals surface area contributed by atoms with Crippen molar-refractivity contribution in [1.82, 2.24) is 9.71 Å². The normalized spacial score (nSPS) is 28.0. The van der Waals surface area contributed by atoms with Crippen molar-refractivity contribution in [3.05, 3.63) is 18.3 Å². The maximum Gasteiger partial charge on any atom is 0.244 e. The van der Waals surface area contributed by atoms with Gasteiger partial charge in [-0.25, -0.2) is 18.1 Å². The molecule has 7 heteroatoms. The monoisotopic (exact) mass is 311 g/mol. The van der Waals surface area contributed by atoms with E-state index in [1.54, 1.807) is 18.3 Å². The van der Waals surface area contributed by atoms with Crippen LogP contribution in [0.1, 0.15) is 32.6 Å². The molecule has 3 atom stereocenters. The van der Waals surface area contributed by atoms with E-state index in [9.17, 15) is 8.42 Å². The number of ether oxygens (including phenoxy) is 1. The lowest BCUT2D eigenvalue weighted by atomic mass is 9.96. The Morgan fingerprint density at radius 1 is 1.43 bits per heavy atom. The van der Waals surface area contributed by atoms with Crippen LogP contribution in [0.25, 0.3) is 0 Å². The number of hydrogen-bond acceptors (Lipinski definition) is 5. The van der Waals surface area contributed by atoms with Gasteiger partial charge in [0.2, 0.25) is 10.0 Å². The van der Waals surface area contributed by atoms with Crippen molar-refractivity contribution in [2.24, 2.45) is 0 Å². The molecule has 2 aliphatic rings. The van der Waals surface area contributed by atoms with Gasteiger partial charge in [-0.15, -0.1) is 0 Å². The zero-order chi connectivity index (χ0) is 14.9. The number of nitrogens with zero attached hydrogens (tertiary/aromatic N) is 1. The fraction of sp³-hybridized carbons (Fsp3) is 0.643. The number of sulfonamides is 1. The SMILES string of the molecule is CCCNc1ncccc1S(=O)(=O)NC1CC2CCC1O2. The van der Waals surface area contributed by atoms with E-state index in [-0.39, 0.29) is 23.1 Å². The lowest BCUT2D eigenvalue weighted by molar-refractivity contribution is 0.0996. The van der Waals surface area contributed by atoms with Gasteiger partial charge in [0.15, 0.2) is 0 Å². The molecule has 21 heavy (non-hydrogen) atoms. The van der Waals surface area contributed by atoms with Crippen LogP contribution in [-0.2, 0) is 14.8 Å². The Labute approximate surface area is 125 Å². The summed E-state index contributed by atoms with van der Waals surface area (Å²) >= 11 is 0. The molecular formula is C14H21N3O3S. The molecule has 3 heterocycles. The van der Waals surface area contributed by atoms with Crippen molar-refractivity contribution in [2.75, 3.05) is 11.9 Å². The van der Waals surface area contributed by atoms with Crippen LogP contribution in [0.15, 0.2) is 23.2 Å². The van der Waals surface area contributed by atoms with E-state index in [0.29, 0.717) is 12.4 Å². The number of pyridine rings is 1. The Hall–Kier alpha value is -1.18. The molecule has 0 aliphatic carbocycles.